The van der Waals surface area contributed by atoms with Gasteiger partial charge in [-0.05, 0) is 56.8 Å². The molecule has 1 aliphatic heterocycles. The van der Waals surface area contributed by atoms with Gasteiger partial charge in [-0.3, -0.25) is 19.3 Å². The van der Waals surface area contributed by atoms with E-state index < -0.39 is 5.82 Å². The molecule has 36 heavy (non-hydrogen) atoms. The van der Waals surface area contributed by atoms with Crippen LogP contribution in [0.1, 0.15) is 59.5 Å². The van der Waals surface area contributed by atoms with Crippen LogP contribution in [0.4, 0.5) is 10.1 Å². The maximum Gasteiger partial charge on any atom is 0.270 e. The molecule has 0 unspecified atom stereocenters. The summed E-state index contributed by atoms with van der Waals surface area (Å²) in [5.74, 6) is -1.39. The molecule has 0 spiro atoms. The van der Waals surface area contributed by atoms with E-state index in [4.69, 9.17) is 16.3 Å². The fraction of sp³-hybridized carbons (Fsp3) is 0.520. The third-order valence-corrected chi connectivity index (χ3v) is 7.05. The Bertz CT molecular complexity index is 1080. The van der Waals surface area contributed by atoms with E-state index in [2.05, 4.69) is 25.5 Å². The lowest BCUT2D eigenvalue weighted by atomic mass is 9.85. The number of nitrogens with zero attached hydrogens (tertiary/aromatic N) is 2. The van der Waals surface area contributed by atoms with E-state index in [1.807, 2.05) is 0 Å². The van der Waals surface area contributed by atoms with Crippen LogP contribution in [0, 0.1) is 11.7 Å². The summed E-state index contributed by atoms with van der Waals surface area (Å²) >= 11 is 6.00. The van der Waals surface area contributed by atoms with Gasteiger partial charge in [-0.25, -0.2) is 9.37 Å². The first kappa shape index (κ1) is 26.2. The van der Waals surface area contributed by atoms with Gasteiger partial charge in [-0.15, -0.1) is 0 Å². The molecule has 4 rings (SSSR count). The quantitative estimate of drug-likeness (QED) is 0.437. The number of halogens is 2. The van der Waals surface area contributed by atoms with Crippen molar-refractivity contribution in [1.29, 1.82) is 0 Å². The summed E-state index contributed by atoms with van der Waals surface area (Å²) < 4.78 is 18.6. The van der Waals surface area contributed by atoms with Crippen molar-refractivity contribution in [3.63, 3.8) is 0 Å². The number of hydrogen-bond donors (Lipinski definition) is 3. The van der Waals surface area contributed by atoms with Crippen molar-refractivity contribution in [3.8, 4) is 0 Å². The van der Waals surface area contributed by atoms with Crippen LogP contribution in [0.3, 0.4) is 0 Å². The molecule has 2 aromatic rings. The number of ketones is 1. The van der Waals surface area contributed by atoms with Crippen LogP contribution >= 0.6 is 11.6 Å². The van der Waals surface area contributed by atoms with E-state index in [9.17, 15) is 18.8 Å². The van der Waals surface area contributed by atoms with Crippen molar-refractivity contribution in [3.05, 3.63) is 46.8 Å². The number of H-pyrrole nitrogens is 1. The Morgan fingerprint density at radius 2 is 1.92 bits per heavy atom. The summed E-state index contributed by atoms with van der Waals surface area (Å²) in [4.78, 5) is 47.3. The van der Waals surface area contributed by atoms with E-state index in [0.29, 0.717) is 57.4 Å². The van der Waals surface area contributed by atoms with E-state index >= 15 is 0 Å². The number of anilines is 1. The van der Waals surface area contributed by atoms with Crippen LogP contribution in [-0.2, 0) is 9.53 Å². The number of carbonyl (C=O) groups is 3. The largest absolute Gasteiger partial charge is 0.379 e. The number of morpholine rings is 1. The Hall–Kier alpha value is -2.82. The van der Waals surface area contributed by atoms with Gasteiger partial charge in [0, 0.05) is 31.5 Å². The molecule has 2 heterocycles. The van der Waals surface area contributed by atoms with Gasteiger partial charge in [0.2, 0.25) is 5.91 Å². The average molecular weight is 520 g/mol. The zero-order valence-corrected chi connectivity index (χ0v) is 20.8. The highest BCUT2D eigenvalue weighted by molar-refractivity contribution is 6.33. The molecule has 1 aromatic heterocycles. The Balaban J connectivity index is 1.23. The highest BCUT2D eigenvalue weighted by Gasteiger charge is 2.29. The van der Waals surface area contributed by atoms with Crippen molar-refractivity contribution in [1.82, 2.24) is 20.2 Å². The number of ether oxygens (including phenoxy) is 1. The molecule has 1 saturated carbocycles. The van der Waals surface area contributed by atoms with Crippen molar-refractivity contribution < 1.29 is 23.5 Å². The van der Waals surface area contributed by atoms with Gasteiger partial charge in [-0.2, -0.15) is 0 Å². The molecule has 0 bridgehead atoms. The number of rotatable bonds is 9. The van der Waals surface area contributed by atoms with Crippen LogP contribution < -0.4 is 10.6 Å². The zero-order valence-electron chi connectivity index (χ0n) is 20.0. The standard InChI is InChI=1S/C25H31ClFN5O4/c26-19-14-17(27)5-8-20(19)31-24(34)16-3-6-18(7-4-16)30-25(35)23-22(28-15-29-23)21(33)2-1-9-32-10-12-36-13-11-32/h5,8,14-16,18H,1-4,6-7,9-13H2,(H,28,29)(H,30,35)(H,31,34). The monoisotopic (exact) mass is 519 g/mol. The molecule has 1 aromatic carbocycles. The van der Waals surface area contributed by atoms with Gasteiger partial charge >= 0.3 is 0 Å². The summed E-state index contributed by atoms with van der Waals surface area (Å²) in [7, 11) is 0. The summed E-state index contributed by atoms with van der Waals surface area (Å²) in [5, 5.41) is 5.88. The summed E-state index contributed by atoms with van der Waals surface area (Å²) in [6, 6.07) is 3.73. The van der Waals surface area contributed by atoms with E-state index in [1.54, 1.807) is 0 Å². The Morgan fingerprint density at radius 3 is 2.64 bits per heavy atom. The minimum Gasteiger partial charge on any atom is -0.379 e. The third-order valence-electron chi connectivity index (χ3n) is 6.73. The highest BCUT2D eigenvalue weighted by atomic mass is 35.5. The number of amides is 2. The molecule has 2 aliphatic rings. The van der Waals surface area contributed by atoms with Crippen LogP contribution in [0.25, 0.3) is 0 Å². The maximum absolute atomic E-state index is 13.2. The number of carbonyl (C=O) groups excluding carboxylic acids is 3. The number of aromatic nitrogens is 2. The lowest BCUT2D eigenvalue weighted by Gasteiger charge is -2.28. The summed E-state index contributed by atoms with van der Waals surface area (Å²) in [6.07, 6.45) is 4.81. The lowest BCUT2D eigenvalue weighted by Crippen LogP contribution is -2.40. The molecule has 0 atom stereocenters. The van der Waals surface area contributed by atoms with Crippen molar-refractivity contribution in [2.24, 2.45) is 5.92 Å². The van der Waals surface area contributed by atoms with Gasteiger partial charge < -0.3 is 20.4 Å². The van der Waals surface area contributed by atoms with Gasteiger partial charge in [0.25, 0.3) is 5.91 Å². The molecule has 11 heteroatoms. The molecule has 1 saturated heterocycles. The molecule has 2 amide bonds. The van der Waals surface area contributed by atoms with E-state index in [0.717, 1.165) is 25.7 Å². The first-order valence-electron chi connectivity index (χ1n) is 12.3. The first-order chi connectivity index (χ1) is 17.4. The van der Waals surface area contributed by atoms with Gasteiger partial charge in [0.15, 0.2) is 5.78 Å². The molecule has 2 fully saturated rings. The van der Waals surface area contributed by atoms with Crippen molar-refractivity contribution in [2.45, 2.75) is 44.6 Å². The second kappa shape index (κ2) is 12.4. The van der Waals surface area contributed by atoms with Crippen LogP contribution in [-0.4, -0.2) is 71.4 Å². The number of aromatic amines is 1. The summed E-state index contributed by atoms with van der Waals surface area (Å²) in [6.45, 7) is 3.98. The van der Waals surface area contributed by atoms with Crippen molar-refractivity contribution >= 4 is 34.9 Å². The van der Waals surface area contributed by atoms with Crippen LogP contribution in [0.15, 0.2) is 24.5 Å². The fourth-order valence-corrected chi connectivity index (χ4v) is 4.88. The Kier molecular flexibility index (Phi) is 9.06. The van der Waals surface area contributed by atoms with Gasteiger partial charge in [0.1, 0.15) is 17.2 Å². The molecular weight excluding hydrogens is 489 g/mol. The molecule has 9 nitrogen and oxygen atoms in total. The Labute approximate surface area is 214 Å². The summed E-state index contributed by atoms with van der Waals surface area (Å²) in [5.41, 5.74) is 0.718. The highest BCUT2D eigenvalue weighted by Crippen LogP contribution is 2.28. The lowest BCUT2D eigenvalue weighted by molar-refractivity contribution is -0.120. The number of nitrogens with one attached hydrogen (secondary N) is 3. The normalized spacial score (nSPS) is 20.6. The predicted octanol–water partition coefficient (Wildman–Crippen LogP) is 3.42. The molecule has 3 N–H and O–H groups in total. The first-order valence-corrected chi connectivity index (χ1v) is 12.7. The maximum atomic E-state index is 13.2. The van der Waals surface area contributed by atoms with Crippen LogP contribution in [0.2, 0.25) is 5.02 Å². The van der Waals surface area contributed by atoms with E-state index in [-0.39, 0.29) is 46.0 Å². The minimum absolute atomic E-state index is 0.108. The zero-order chi connectivity index (χ0) is 25.5. The average Bonchev–Trinajstić information content (AvgIpc) is 3.37. The minimum atomic E-state index is -0.468. The third kappa shape index (κ3) is 6.89. The fourth-order valence-electron chi connectivity index (χ4n) is 4.67. The topological polar surface area (TPSA) is 116 Å². The molecular formula is C25H31ClFN5O4. The molecule has 1 aliphatic carbocycles. The second-order valence-corrected chi connectivity index (χ2v) is 9.65. The Morgan fingerprint density at radius 1 is 1.17 bits per heavy atom. The van der Waals surface area contributed by atoms with Crippen molar-refractivity contribution in [2.75, 3.05) is 38.2 Å². The number of benzene rings is 1. The second-order valence-electron chi connectivity index (χ2n) is 9.24. The SMILES string of the molecule is O=C(CCCN1CCOCC1)c1nc[nH]c1C(=O)NC1CCC(C(=O)Nc2ccc(F)cc2Cl)CC1. The predicted molar refractivity (Wildman–Crippen MR) is 133 cm³/mol. The van der Waals surface area contributed by atoms with Gasteiger partial charge in [-0.1, -0.05) is 11.6 Å². The number of imidazole rings is 1. The number of Topliss-reactive ketones (excluding diaryl/α,β-unsaturated/α-hetero) is 1. The van der Waals surface area contributed by atoms with Crippen LogP contribution in [0.5, 0.6) is 0 Å². The molecule has 194 valence electrons. The van der Waals surface area contributed by atoms with E-state index in [1.165, 1.54) is 18.5 Å². The molecule has 0 radical (unpaired) electrons. The number of hydrogen-bond acceptors (Lipinski definition) is 6. The van der Waals surface area contributed by atoms with Gasteiger partial charge in [0.05, 0.1) is 30.3 Å². The smallest absolute Gasteiger partial charge is 0.270 e.